The maximum Gasteiger partial charge on any atom is 0.123 e. The molecule has 1 unspecified atom stereocenters. The van der Waals surface area contributed by atoms with Crippen molar-refractivity contribution in [3.63, 3.8) is 0 Å². The highest BCUT2D eigenvalue weighted by atomic mass is 19.1. The Morgan fingerprint density at radius 1 is 1.16 bits per heavy atom. The van der Waals surface area contributed by atoms with Crippen LogP contribution in [0.2, 0.25) is 0 Å². The van der Waals surface area contributed by atoms with Gasteiger partial charge >= 0.3 is 0 Å². The van der Waals surface area contributed by atoms with Crippen LogP contribution in [0.5, 0.6) is 0 Å². The highest BCUT2D eigenvalue weighted by molar-refractivity contribution is 5.59. The number of para-hydroxylation sites is 1. The van der Waals surface area contributed by atoms with Crippen LogP contribution in [0.4, 0.5) is 10.1 Å². The van der Waals surface area contributed by atoms with Crippen molar-refractivity contribution in [1.82, 2.24) is 0 Å². The predicted molar refractivity (Wildman–Crippen MR) is 76.9 cm³/mol. The molecule has 0 aliphatic carbocycles. The van der Waals surface area contributed by atoms with Crippen molar-refractivity contribution in [2.75, 3.05) is 11.4 Å². The van der Waals surface area contributed by atoms with Gasteiger partial charge in [-0.3, -0.25) is 0 Å². The van der Waals surface area contributed by atoms with E-state index in [1.54, 1.807) is 12.1 Å². The van der Waals surface area contributed by atoms with Crippen molar-refractivity contribution in [3.8, 4) is 0 Å². The number of fused-ring (bicyclic) bond motifs is 1. The molecule has 0 saturated heterocycles. The van der Waals surface area contributed by atoms with E-state index in [4.69, 9.17) is 0 Å². The van der Waals surface area contributed by atoms with E-state index in [9.17, 15) is 4.39 Å². The van der Waals surface area contributed by atoms with Gasteiger partial charge in [0, 0.05) is 12.2 Å². The molecule has 19 heavy (non-hydrogen) atoms. The Labute approximate surface area is 113 Å². The first-order valence-corrected chi connectivity index (χ1v) is 6.89. The third-order valence-corrected chi connectivity index (χ3v) is 3.92. The van der Waals surface area contributed by atoms with Gasteiger partial charge in [0.15, 0.2) is 0 Å². The summed E-state index contributed by atoms with van der Waals surface area (Å²) in [7, 11) is 0. The van der Waals surface area contributed by atoms with Crippen molar-refractivity contribution in [2.24, 2.45) is 0 Å². The fraction of sp³-hybridized carbons (Fsp3) is 0.294. The molecule has 0 bridgehead atoms. The van der Waals surface area contributed by atoms with Crippen LogP contribution in [0.15, 0.2) is 48.5 Å². The highest BCUT2D eigenvalue weighted by Gasteiger charge is 2.25. The maximum atomic E-state index is 13.4. The number of hydrogen-bond donors (Lipinski definition) is 0. The SMILES string of the molecule is CCC(c1cccc(F)c1)N1CCc2ccccc21. The van der Waals surface area contributed by atoms with Crippen LogP contribution in [0.25, 0.3) is 0 Å². The molecule has 0 amide bonds. The van der Waals surface area contributed by atoms with Gasteiger partial charge in [0.1, 0.15) is 5.82 Å². The van der Waals surface area contributed by atoms with Gasteiger partial charge < -0.3 is 4.90 Å². The summed E-state index contributed by atoms with van der Waals surface area (Å²) < 4.78 is 13.4. The van der Waals surface area contributed by atoms with E-state index in [0.717, 1.165) is 24.9 Å². The molecule has 1 heterocycles. The summed E-state index contributed by atoms with van der Waals surface area (Å²) in [5.74, 6) is -0.150. The third-order valence-electron chi connectivity index (χ3n) is 3.92. The number of rotatable bonds is 3. The van der Waals surface area contributed by atoms with Crippen LogP contribution in [0.3, 0.4) is 0 Å². The van der Waals surface area contributed by atoms with E-state index in [1.165, 1.54) is 17.3 Å². The zero-order valence-corrected chi connectivity index (χ0v) is 11.1. The maximum absolute atomic E-state index is 13.4. The second-order valence-corrected chi connectivity index (χ2v) is 5.05. The summed E-state index contributed by atoms with van der Waals surface area (Å²) >= 11 is 0. The first-order chi connectivity index (χ1) is 9.29. The minimum absolute atomic E-state index is 0.150. The van der Waals surface area contributed by atoms with E-state index < -0.39 is 0 Å². The molecule has 2 aromatic rings. The fourth-order valence-electron chi connectivity index (χ4n) is 3.04. The molecular weight excluding hydrogens is 237 g/mol. The lowest BCUT2D eigenvalue weighted by Gasteiger charge is -2.30. The van der Waals surface area contributed by atoms with E-state index in [1.807, 2.05) is 6.07 Å². The molecule has 1 aliphatic heterocycles. The average Bonchev–Trinajstić information content (AvgIpc) is 2.84. The molecule has 0 radical (unpaired) electrons. The second-order valence-electron chi connectivity index (χ2n) is 5.05. The normalized spacial score (nSPS) is 15.4. The first kappa shape index (κ1) is 12.2. The third kappa shape index (κ3) is 2.23. The van der Waals surface area contributed by atoms with Gasteiger partial charge in [-0.15, -0.1) is 0 Å². The Morgan fingerprint density at radius 2 is 2.00 bits per heavy atom. The van der Waals surface area contributed by atoms with E-state index >= 15 is 0 Å². The van der Waals surface area contributed by atoms with Gasteiger partial charge in [-0.25, -0.2) is 4.39 Å². The van der Waals surface area contributed by atoms with Crippen LogP contribution in [0.1, 0.15) is 30.5 Å². The molecular formula is C17H18FN. The van der Waals surface area contributed by atoms with Gasteiger partial charge in [-0.2, -0.15) is 0 Å². The van der Waals surface area contributed by atoms with Gasteiger partial charge in [0.05, 0.1) is 6.04 Å². The van der Waals surface area contributed by atoms with Crippen LogP contribution in [-0.4, -0.2) is 6.54 Å². The molecule has 3 rings (SSSR count). The number of benzene rings is 2. The minimum Gasteiger partial charge on any atom is -0.364 e. The average molecular weight is 255 g/mol. The Kier molecular flexibility index (Phi) is 3.24. The zero-order valence-electron chi connectivity index (χ0n) is 11.1. The molecule has 0 spiro atoms. The summed E-state index contributed by atoms with van der Waals surface area (Å²) in [4.78, 5) is 2.41. The predicted octanol–water partition coefficient (Wildman–Crippen LogP) is 4.34. The molecule has 1 atom stereocenters. The second kappa shape index (κ2) is 5.04. The van der Waals surface area contributed by atoms with Crippen molar-refractivity contribution in [3.05, 3.63) is 65.5 Å². The first-order valence-electron chi connectivity index (χ1n) is 6.89. The summed E-state index contributed by atoms with van der Waals surface area (Å²) in [6, 6.07) is 15.8. The Balaban J connectivity index is 1.96. The van der Waals surface area contributed by atoms with Gasteiger partial charge in [0.2, 0.25) is 0 Å². The topological polar surface area (TPSA) is 3.24 Å². The van der Waals surface area contributed by atoms with Crippen molar-refractivity contribution in [2.45, 2.75) is 25.8 Å². The molecule has 98 valence electrons. The van der Waals surface area contributed by atoms with Crippen molar-refractivity contribution in [1.29, 1.82) is 0 Å². The molecule has 0 saturated carbocycles. The summed E-state index contributed by atoms with van der Waals surface area (Å²) in [5, 5.41) is 0. The zero-order chi connectivity index (χ0) is 13.2. The smallest absolute Gasteiger partial charge is 0.123 e. The van der Waals surface area contributed by atoms with E-state index in [-0.39, 0.29) is 11.9 Å². The molecule has 1 aliphatic rings. The largest absolute Gasteiger partial charge is 0.364 e. The molecule has 2 heteroatoms. The Bertz CT molecular complexity index is 579. The quantitative estimate of drug-likeness (QED) is 0.788. The molecule has 0 aromatic heterocycles. The number of halogens is 1. The molecule has 2 aromatic carbocycles. The van der Waals surface area contributed by atoms with E-state index in [2.05, 4.69) is 36.1 Å². The lowest BCUT2D eigenvalue weighted by atomic mass is 10.0. The minimum atomic E-state index is -0.150. The highest BCUT2D eigenvalue weighted by Crippen LogP contribution is 2.36. The number of anilines is 1. The van der Waals surface area contributed by atoms with Gasteiger partial charge in [-0.05, 0) is 42.2 Å². The lowest BCUT2D eigenvalue weighted by molar-refractivity contribution is 0.597. The summed E-state index contributed by atoms with van der Waals surface area (Å²) in [6.45, 7) is 3.19. The monoisotopic (exact) mass is 255 g/mol. The van der Waals surface area contributed by atoms with Crippen LogP contribution < -0.4 is 4.90 Å². The van der Waals surface area contributed by atoms with Crippen molar-refractivity contribution >= 4 is 5.69 Å². The fourth-order valence-corrected chi connectivity index (χ4v) is 3.04. The van der Waals surface area contributed by atoms with Crippen LogP contribution >= 0.6 is 0 Å². The summed E-state index contributed by atoms with van der Waals surface area (Å²) in [6.07, 6.45) is 2.07. The molecule has 1 nitrogen and oxygen atoms in total. The standard InChI is InChI=1S/C17H18FN/c1-2-16(14-7-5-8-15(18)12-14)19-11-10-13-6-3-4-9-17(13)19/h3-9,12,16H,2,10-11H2,1H3. The molecule has 0 N–H and O–H groups in total. The van der Waals surface area contributed by atoms with Gasteiger partial charge in [0.25, 0.3) is 0 Å². The number of nitrogens with zero attached hydrogens (tertiary/aromatic N) is 1. The van der Waals surface area contributed by atoms with Crippen LogP contribution in [0, 0.1) is 5.82 Å². The number of hydrogen-bond acceptors (Lipinski definition) is 1. The summed E-state index contributed by atoms with van der Waals surface area (Å²) in [5.41, 5.74) is 3.77. The Morgan fingerprint density at radius 3 is 2.79 bits per heavy atom. The lowest BCUT2D eigenvalue weighted by Crippen LogP contribution is -2.26. The Hall–Kier alpha value is -1.83. The van der Waals surface area contributed by atoms with Gasteiger partial charge in [-0.1, -0.05) is 37.3 Å². The van der Waals surface area contributed by atoms with Crippen molar-refractivity contribution < 1.29 is 4.39 Å². The van der Waals surface area contributed by atoms with Crippen LogP contribution in [-0.2, 0) is 6.42 Å². The molecule has 0 fully saturated rings. The van der Waals surface area contributed by atoms with E-state index in [0.29, 0.717) is 0 Å².